The second-order valence-corrected chi connectivity index (χ2v) is 5.20. The second kappa shape index (κ2) is 4.70. The fraction of sp³-hybridized carbons (Fsp3) is 0.364. The molecule has 2 rings (SSSR count). The molecule has 0 unspecified atom stereocenters. The first-order valence-electron chi connectivity index (χ1n) is 4.93. The van der Waals surface area contributed by atoms with Crippen LogP contribution in [0.4, 0.5) is 0 Å². The number of carbonyl (C=O) groups is 1. The zero-order valence-electron chi connectivity index (χ0n) is 8.17. The number of carbonyl (C=O) groups excluding carboxylic acids is 1. The molecule has 0 N–H and O–H groups in total. The third kappa shape index (κ3) is 2.45. The Morgan fingerprint density at radius 3 is 2.60 bits per heavy atom. The van der Waals surface area contributed by atoms with Crippen molar-refractivity contribution >= 4 is 40.1 Å². The van der Waals surface area contributed by atoms with Gasteiger partial charge in [0.1, 0.15) is 0 Å². The Balaban J connectivity index is 2.21. The number of rotatable bonds is 1. The summed E-state index contributed by atoms with van der Waals surface area (Å²) in [7, 11) is 0. The Hall–Kier alpha value is -0.290. The minimum Gasteiger partial charge on any atom is -0.339 e. The van der Waals surface area contributed by atoms with Crippen molar-refractivity contribution in [1.82, 2.24) is 4.90 Å². The van der Waals surface area contributed by atoms with E-state index >= 15 is 0 Å². The van der Waals surface area contributed by atoms with Gasteiger partial charge < -0.3 is 4.90 Å². The fourth-order valence-electron chi connectivity index (χ4n) is 1.73. The van der Waals surface area contributed by atoms with Crippen LogP contribution in [0, 0.1) is 3.57 Å². The van der Waals surface area contributed by atoms with Gasteiger partial charge in [-0.15, -0.1) is 0 Å². The van der Waals surface area contributed by atoms with E-state index in [9.17, 15) is 4.79 Å². The quantitative estimate of drug-likeness (QED) is 0.722. The van der Waals surface area contributed by atoms with Crippen LogP contribution in [-0.4, -0.2) is 23.9 Å². The summed E-state index contributed by atoms with van der Waals surface area (Å²) in [6.45, 7) is 1.77. The number of hydrogen-bond acceptors (Lipinski definition) is 1. The maximum absolute atomic E-state index is 12.0. The first kappa shape index (κ1) is 11.2. The van der Waals surface area contributed by atoms with Crippen molar-refractivity contribution in [2.24, 2.45) is 0 Å². The van der Waals surface area contributed by atoms with E-state index in [0.717, 1.165) is 35.1 Å². The summed E-state index contributed by atoms with van der Waals surface area (Å²) in [6.07, 6.45) is 2.24. The van der Waals surface area contributed by atoms with Gasteiger partial charge in [-0.3, -0.25) is 4.79 Å². The molecule has 0 aliphatic carbocycles. The molecule has 80 valence electrons. The van der Waals surface area contributed by atoms with Gasteiger partial charge in [0, 0.05) is 22.2 Å². The molecule has 1 aromatic rings. The molecule has 0 radical (unpaired) electrons. The number of hydrogen-bond donors (Lipinski definition) is 0. The van der Waals surface area contributed by atoms with E-state index < -0.39 is 0 Å². The highest BCUT2D eigenvalue weighted by atomic mass is 127. The van der Waals surface area contributed by atoms with Gasteiger partial charge >= 0.3 is 0 Å². The van der Waals surface area contributed by atoms with Gasteiger partial charge in [-0.05, 0) is 53.6 Å². The Morgan fingerprint density at radius 2 is 2.00 bits per heavy atom. The predicted octanol–water partition coefficient (Wildman–Crippen LogP) is 3.18. The minimum absolute atomic E-state index is 0.127. The van der Waals surface area contributed by atoms with Crippen LogP contribution in [-0.2, 0) is 0 Å². The molecular weight excluding hydrogens is 324 g/mol. The summed E-state index contributed by atoms with van der Waals surface area (Å²) in [4.78, 5) is 13.9. The highest BCUT2D eigenvalue weighted by Crippen LogP contribution is 2.21. The highest BCUT2D eigenvalue weighted by Gasteiger charge is 2.19. The molecule has 1 aliphatic rings. The van der Waals surface area contributed by atoms with Gasteiger partial charge in [0.25, 0.3) is 5.91 Å². The van der Waals surface area contributed by atoms with Gasteiger partial charge in [-0.2, -0.15) is 0 Å². The van der Waals surface area contributed by atoms with E-state index in [1.165, 1.54) is 0 Å². The number of nitrogens with zero attached hydrogens (tertiary/aromatic N) is 1. The van der Waals surface area contributed by atoms with E-state index in [-0.39, 0.29) is 5.91 Å². The summed E-state index contributed by atoms with van der Waals surface area (Å²) < 4.78 is 0.930. The molecule has 1 heterocycles. The van der Waals surface area contributed by atoms with Crippen molar-refractivity contribution in [3.63, 3.8) is 0 Å². The predicted molar refractivity (Wildman–Crippen MR) is 69.3 cm³/mol. The average Bonchev–Trinajstić information content (AvgIpc) is 2.74. The molecule has 0 bridgehead atoms. The Kier molecular flexibility index (Phi) is 3.51. The van der Waals surface area contributed by atoms with Crippen molar-refractivity contribution in [3.8, 4) is 0 Å². The first-order chi connectivity index (χ1) is 7.18. The molecule has 0 aromatic heterocycles. The van der Waals surface area contributed by atoms with Crippen LogP contribution in [0.25, 0.3) is 0 Å². The monoisotopic (exact) mass is 335 g/mol. The largest absolute Gasteiger partial charge is 0.339 e. The molecule has 1 saturated heterocycles. The first-order valence-corrected chi connectivity index (χ1v) is 6.38. The van der Waals surface area contributed by atoms with Gasteiger partial charge in [0.15, 0.2) is 0 Å². The summed E-state index contributed by atoms with van der Waals surface area (Å²) in [5.41, 5.74) is 0.741. The maximum atomic E-state index is 12.0. The average molecular weight is 336 g/mol. The SMILES string of the molecule is O=C(c1ccc(Cl)c(I)c1)N1CCCC1. The van der Waals surface area contributed by atoms with E-state index in [1.807, 2.05) is 11.0 Å². The highest BCUT2D eigenvalue weighted by molar-refractivity contribution is 14.1. The molecule has 4 heteroatoms. The lowest BCUT2D eigenvalue weighted by molar-refractivity contribution is 0.0793. The van der Waals surface area contributed by atoms with Gasteiger partial charge in [-0.1, -0.05) is 11.6 Å². The molecule has 1 aromatic carbocycles. The lowest BCUT2D eigenvalue weighted by Gasteiger charge is -2.15. The molecule has 1 aliphatic heterocycles. The maximum Gasteiger partial charge on any atom is 0.253 e. The smallest absolute Gasteiger partial charge is 0.253 e. The zero-order chi connectivity index (χ0) is 10.8. The molecule has 15 heavy (non-hydrogen) atoms. The Morgan fingerprint density at radius 1 is 1.33 bits per heavy atom. The lowest BCUT2D eigenvalue weighted by Crippen LogP contribution is -2.27. The normalized spacial score (nSPS) is 15.7. The number of benzene rings is 1. The topological polar surface area (TPSA) is 20.3 Å². The fourth-order valence-corrected chi connectivity index (χ4v) is 2.36. The Bertz CT molecular complexity index is 388. The van der Waals surface area contributed by atoms with E-state index in [1.54, 1.807) is 12.1 Å². The van der Waals surface area contributed by atoms with Gasteiger partial charge in [0.2, 0.25) is 0 Å². The zero-order valence-corrected chi connectivity index (χ0v) is 11.1. The van der Waals surface area contributed by atoms with Crippen LogP contribution in [0.3, 0.4) is 0 Å². The second-order valence-electron chi connectivity index (χ2n) is 3.63. The van der Waals surface area contributed by atoms with E-state index in [4.69, 9.17) is 11.6 Å². The van der Waals surface area contributed by atoms with E-state index in [2.05, 4.69) is 22.6 Å². The van der Waals surface area contributed by atoms with Crippen molar-refractivity contribution in [3.05, 3.63) is 32.4 Å². The van der Waals surface area contributed by atoms with Gasteiger partial charge in [0.05, 0.1) is 5.02 Å². The molecule has 2 nitrogen and oxygen atoms in total. The molecular formula is C11H11ClINO. The summed E-state index contributed by atoms with van der Waals surface area (Å²) in [5, 5.41) is 0.702. The van der Waals surface area contributed by atoms with Crippen molar-refractivity contribution in [1.29, 1.82) is 0 Å². The van der Waals surface area contributed by atoms with E-state index in [0.29, 0.717) is 5.02 Å². The van der Waals surface area contributed by atoms with Gasteiger partial charge in [-0.25, -0.2) is 0 Å². The van der Waals surface area contributed by atoms with Crippen molar-refractivity contribution in [2.75, 3.05) is 13.1 Å². The number of likely N-dealkylation sites (tertiary alicyclic amines) is 1. The third-order valence-corrected chi connectivity index (χ3v) is 4.10. The summed E-state index contributed by atoms with van der Waals surface area (Å²) in [5.74, 6) is 0.127. The summed E-state index contributed by atoms with van der Waals surface area (Å²) >= 11 is 8.06. The number of halogens is 2. The van der Waals surface area contributed by atoms with Crippen molar-refractivity contribution in [2.45, 2.75) is 12.8 Å². The van der Waals surface area contributed by atoms with Crippen LogP contribution < -0.4 is 0 Å². The Labute approximate surface area is 108 Å². The lowest BCUT2D eigenvalue weighted by atomic mass is 10.2. The van der Waals surface area contributed by atoms with Crippen LogP contribution >= 0.6 is 34.2 Å². The minimum atomic E-state index is 0.127. The third-order valence-electron chi connectivity index (χ3n) is 2.56. The van der Waals surface area contributed by atoms with Crippen LogP contribution in [0.1, 0.15) is 23.2 Å². The van der Waals surface area contributed by atoms with Crippen LogP contribution in [0.5, 0.6) is 0 Å². The molecule has 1 fully saturated rings. The molecule has 0 atom stereocenters. The van der Waals surface area contributed by atoms with Crippen molar-refractivity contribution < 1.29 is 4.79 Å². The molecule has 0 saturated carbocycles. The number of amides is 1. The molecule has 0 spiro atoms. The standard InChI is InChI=1S/C11H11ClINO/c12-9-4-3-8(7-10(9)13)11(15)14-5-1-2-6-14/h3-4,7H,1-2,5-6H2. The van der Waals surface area contributed by atoms with Crippen LogP contribution in [0.15, 0.2) is 18.2 Å². The summed E-state index contributed by atoms with van der Waals surface area (Å²) in [6, 6.07) is 5.43. The molecule has 1 amide bonds. The van der Waals surface area contributed by atoms with Crippen LogP contribution in [0.2, 0.25) is 5.02 Å².